The van der Waals surface area contributed by atoms with Crippen molar-refractivity contribution in [1.29, 1.82) is 0 Å². The summed E-state index contributed by atoms with van der Waals surface area (Å²) in [4.78, 5) is 25.0. The molecule has 1 aromatic heterocycles. The largest absolute Gasteiger partial charge is 0.481 e. The van der Waals surface area contributed by atoms with Crippen LogP contribution in [-0.2, 0) is 4.79 Å². The molecule has 5 nitrogen and oxygen atoms in total. The molecule has 0 radical (unpaired) electrons. The summed E-state index contributed by atoms with van der Waals surface area (Å²) in [5.74, 6) is -1.44. The first-order valence-electron chi connectivity index (χ1n) is 4.79. The molecule has 1 aromatic rings. The summed E-state index contributed by atoms with van der Waals surface area (Å²) in [5, 5.41) is 11.8. The van der Waals surface area contributed by atoms with Crippen LogP contribution in [0.4, 0.5) is 0 Å². The van der Waals surface area contributed by atoms with Gasteiger partial charge in [-0.1, -0.05) is 23.2 Å². The number of hydrogen-bond acceptors (Lipinski definition) is 2. The van der Waals surface area contributed by atoms with Gasteiger partial charge in [0.25, 0.3) is 5.91 Å². The Hall–Kier alpha value is -1.20. The third kappa shape index (κ3) is 3.38. The van der Waals surface area contributed by atoms with E-state index in [1.165, 1.54) is 19.9 Å². The number of aliphatic carboxylic acids is 1. The van der Waals surface area contributed by atoms with Crippen molar-refractivity contribution in [2.24, 2.45) is 5.41 Å². The number of H-pyrrole nitrogens is 1. The highest BCUT2D eigenvalue weighted by Crippen LogP contribution is 2.22. The number of carbonyl (C=O) groups is 2. The van der Waals surface area contributed by atoms with Crippen LogP contribution in [0.1, 0.15) is 24.3 Å². The minimum absolute atomic E-state index is 0.00935. The predicted molar refractivity (Wildman–Crippen MR) is 64.6 cm³/mol. The minimum atomic E-state index is -1.03. The summed E-state index contributed by atoms with van der Waals surface area (Å²) < 4.78 is 0. The van der Waals surface area contributed by atoms with Gasteiger partial charge in [0, 0.05) is 6.54 Å². The van der Waals surface area contributed by atoms with Crippen LogP contribution in [0.15, 0.2) is 6.07 Å². The zero-order valence-corrected chi connectivity index (χ0v) is 10.8. The molecule has 0 aromatic carbocycles. The molecule has 0 aliphatic heterocycles. The molecule has 0 saturated heterocycles. The SMILES string of the molecule is CC(C)(CNC(=O)c1cc(Cl)c(Cl)[nH]1)C(=O)O. The van der Waals surface area contributed by atoms with E-state index in [0.717, 1.165) is 0 Å². The number of halogens is 2. The molecular formula is C10H12Cl2N2O3. The zero-order valence-electron chi connectivity index (χ0n) is 9.30. The van der Waals surface area contributed by atoms with E-state index in [4.69, 9.17) is 28.3 Å². The predicted octanol–water partition coefficient (Wildman–Crippen LogP) is 2.16. The molecule has 0 aliphatic rings. The topological polar surface area (TPSA) is 82.2 Å². The molecule has 0 fully saturated rings. The number of carboxylic acid groups (broad SMARTS) is 1. The standard InChI is InChI=1S/C10H12Cl2N2O3/c1-10(2,9(16)17)4-13-8(15)6-3-5(11)7(12)14-6/h3,14H,4H2,1-2H3,(H,13,15)(H,16,17). The monoisotopic (exact) mass is 278 g/mol. The van der Waals surface area contributed by atoms with Crippen molar-refractivity contribution in [3.8, 4) is 0 Å². The fourth-order valence-electron chi connectivity index (χ4n) is 0.999. The molecule has 0 saturated carbocycles. The van der Waals surface area contributed by atoms with Gasteiger partial charge in [-0.3, -0.25) is 9.59 Å². The summed E-state index contributed by atoms with van der Waals surface area (Å²) in [5.41, 5.74) is -0.836. The maximum Gasteiger partial charge on any atom is 0.310 e. The van der Waals surface area contributed by atoms with E-state index < -0.39 is 17.3 Å². The smallest absolute Gasteiger partial charge is 0.310 e. The summed E-state index contributed by atoms with van der Waals surface area (Å²) in [6.45, 7) is 3.05. The van der Waals surface area contributed by atoms with Crippen LogP contribution in [0.25, 0.3) is 0 Å². The number of aromatic nitrogens is 1. The lowest BCUT2D eigenvalue weighted by molar-refractivity contribution is -0.146. The van der Waals surface area contributed by atoms with E-state index in [2.05, 4.69) is 10.3 Å². The summed E-state index contributed by atoms with van der Waals surface area (Å²) >= 11 is 11.3. The molecule has 0 unspecified atom stereocenters. The van der Waals surface area contributed by atoms with Crippen molar-refractivity contribution < 1.29 is 14.7 Å². The highest BCUT2D eigenvalue weighted by molar-refractivity contribution is 6.41. The molecule has 7 heteroatoms. The van der Waals surface area contributed by atoms with Gasteiger partial charge in [0.2, 0.25) is 0 Å². The first-order chi connectivity index (χ1) is 7.74. The van der Waals surface area contributed by atoms with Crippen LogP contribution in [0.2, 0.25) is 10.2 Å². The third-order valence-electron chi connectivity index (χ3n) is 2.24. The number of carboxylic acids is 1. The highest BCUT2D eigenvalue weighted by Gasteiger charge is 2.28. The van der Waals surface area contributed by atoms with Crippen molar-refractivity contribution in [3.63, 3.8) is 0 Å². The van der Waals surface area contributed by atoms with Crippen molar-refractivity contribution in [2.75, 3.05) is 6.54 Å². The Morgan fingerprint density at radius 2 is 2.06 bits per heavy atom. The molecule has 94 valence electrons. The second-order valence-electron chi connectivity index (χ2n) is 4.22. The summed E-state index contributed by atoms with van der Waals surface area (Å²) in [6.07, 6.45) is 0. The van der Waals surface area contributed by atoms with Crippen molar-refractivity contribution >= 4 is 35.1 Å². The van der Waals surface area contributed by atoms with Crippen LogP contribution < -0.4 is 5.32 Å². The van der Waals surface area contributed by atoms with Gasteiger partial charge in [-0.25, -0.2) is 0 Å². The van der Waals surface area contributed by atoms with Gasteiger partial charge in [0.05, 0.1) is 10.4 Å². The van der Waals surface area contributed by atoms with E-state index in [1.54, 1.807) is 0 Å². The van der Waals surface area contributed by atoms with E-state index in [1.807, 2.05) is 0 Å². The lowest BCUT2D eigenvalue weighted by Gasteiger charge is -2.19. The second-order valence-corrected chi connectivity index (χ2v) is 5.00. The number of carbonyl (C=O) groups excluding carboxylic acids is 1. The fourth-order valence-corrected chi connectivity index (χ4v) is 1.31. The molecule has 1 rings (SSSR count). The maximum atomic E-state index is 11.6. The van der Waals surface area contributed by atoms with Gasteiger partial charge in [0.1, 0.15) is 10.8 Å². The first-order valence-corrected chi connectivity index (χ1v) is 5.55. The summed E-state index contributed by atoms with van der Waals surface area (Å²) in [6, 6.07) is 1.38. The third-order valence-corrected chi connectivity index (χ3v) is 2.93. The van der Waals surface area contributed by atoms with E-state index in [-0.39, 0.29) is 22.4 Å². The van der Waals surface area contributed by atoms with Crippen LogP contribution in [0.3, 0.4) is 0 Å². The normalized spacial score (nSPS) is 11.3. The van der Waals surface area contributed by atoms with Crippen molar-refractivity contribution in [2.45, 2.75) is 13.8 Å². The van der Waals surface area contributed by atoms with Gasteiger partial charge in [0.15, 0.2) is 0 Å². The molecule has 17 heavy (non-hydrogen) atoms. The van der Waals surface area contributed by atoms with E-state index in [9.17, 15) is 9.59 Å². The average Bonchev–Trinajstić information content (AvgIpc) is 2.56. The molecule has 0 spiro atoms. The molecule has 0 bridgehead atoms. The number of nitrogens with one attached hydrogen (secondary N) is 2. The molecule has 1 amide bonds. The number of hydrogen-bond donors (Lipinski definition) is 3. The molecule has 3 N–H and O–H groups in total. The Bertz CT molecular complexity index is 435. The van der Waals surface area contributed by atoms with Crippen LogP contribution in [0, 0.1) is 5.41 Å². The van der Waals surface area contributed by atoms with E-state index in [0.29, 0.717) is 0 Å². The Kier molecular flexibility index (Phi) is 4.06. The van der Waals surface area contributed by atoms with Crippen LogP contribution >= 0.6 is 23.2 Å². The van der Waals surface area contributed by atoms with Crippen LogP contribution in [0.5, 0.6) is 0 Å². The van der Waals surface area contributed by atoms with Gasteiger partial charge < -0.3 is 15.4 Å². The first kappa shape index (κ1) is 13.9. The summed E-state index contributed by atoms with van der Waals surface area (Å²) in [7, 11) is 0. The van der Waals surface area contributed by atoms with E-state index >= 15 is 0 Å². The van der Waals surface area contributed by atoms with Gasteiger partial charge in [-0.05, 0) is 19.9 Å². The second kappa shape index (κ2) is 4.98. The van der Waals surface area contributed by atoms with Crippen molar-refractivity contribution in [1.82, 2.24) is 10.3 Å². The Morgan fingerprint density at radius 1 is 1.47 bits per heavy atom. The van der Waals surface area contributed by atoms with Gasteiger partial charge >= 0.3 is 5.97 Å². The number of rotatable bonds is 4. The average molecular weight is 279 g/mol. The fraction of sp³-hybridized carbons (Fsp3) is 0.400. The Labute approximate surface area is 108 Å². The molecule has 0 atom stereocenters. The Morgan fingerprint density at radius 3 is 2.47 bits per heavy atom. The van der Waals surface area contributed by atoms with Crippen molar-refractivity contribution in [3.05, 3.63) is 21.9 Å². The molecular weight excluding hydrogens is 267 g/mol. The van der Waals surface area contributed by atoms with Gasteiger partial charge in [-0.2, -0.15) is 0 Å². The lowest BCUT2D eigenvalue weighted by Crippen LogP contribution is -2.39. The Balaban J connectivity index is 2.65. The van der Waals surface area contributed by atoms with Gasteiger partial charge in [-0.15, -0.1) is 0 Å². The lowest BCUT2D eigenvalue weighted by atomic mass is 9.94. The quantitative estimate of drug-likeness (QED) is 0.789. The van der Waals surface area contributed by atoms with Crippen LogP contribution in [-0.4, -0.2) is 28.5 Å². The minimum Gasteiger partial charge on any atom is -0.481 e. The zero-order chi connectivity index (χ0) is 13.2. The number of amides is 1. The maximum absolute atomic E-state index is 11.6. The molecule has 0 aliphatic carbocycles. The molecule has 1 heterocycles. The number of aromatic amines is 1. The highest BCUT2D eigenvalue weighted by atomic mass is 35.5.